The first-order chi connectivity index (χ1) is 9.63. The van der Waals surface area contributed by atoms with Crippen molar-refractivity contribution in [3.05, 3.63) is 35.4 Å². The second-order valence-corrected chi connectivity index (χ2v) is 5.37. The number of hydrogen-bond acceptors (Lipinski definition) is 2. The molecule has 0 N–H and O–H groups in total. The zero-order valence-corrected chi connectivity index (χ0v) is 11.9. The average molecular weight is 281 g/mol. The standard InChI is InChI=1S/C16H21F2NO/c1-2-19(12-7-4-3-5-8-12)11-15(20)16-13(17)9-6-10-14(16)18/h6,9-10,12H,2-5,7-8,11H2,1H3. The van der Waals surface area contributed by atoms with Crippen molar-refractivity contribution in [2.75, 3.05) is 13.1 Å². The minimum atomic E-state index is -0.769. The molecule has 1 aliphatic carbocycles. The minimum Gasteiger partial charge on any atom is -0.293 e. The first-order valence-corrected chi connectivity index (χ1v) is 7.34. The number of rotatable bonds is 5. The van der Waals surface area contributed by atoms with Crippen LogP contribution in [0.4, 0.5) is 8.78 Å². The largest absolute Gasteiger partial charge is 0.293 e. The molecule has 2 rings (SSSR count). The maximum Gasteiger partial charge on any atom is 0.182 e. The maximum absolute atomic E-state index is 13.6. The minimum absolute atomic E-state index is 0.0962. The van der Waals surface area contributed by atoms with E-state index in [9.17, 15) is 13.6 Å². The van der Waals surface area contributed by atoms with Crippen molar-refractivity contribution < 1.29 is 13.6 Å². The summed E-state index contributed by atoms with van der Waals surface area (Å²) in [7, 11) is 0. The molecule has 110 valence electrons. The molecule has 2 nitrogen and oxygen atoms in total. The number of hydrogen-bond donors (Lipinski definition) is 0. The molecular weight excluding hydrogens is 260 g/mol. The van der Waals surface area contributed by atoms with Crippen LogP contribution in [0.2, 0.25) is 0 Å². The van der Waals surface area contributed by atoms with Crippen LogP contribution in [0.1, 0.15) is 49.4 Å². The van der Waals surface area contributed by atoms with Gasteiger partial charge >= 0.3 is 0 Å². The Labute approximate surface area is 118 Å². The Morgan fingerprint density at radius 2 is 1.80 bits per heavy atom. The van der Waals surface area contributed by atoms with Gasteiger partial charge in [0.05, 0.1) is 12.1 Å². The van der Waals surface area contributed by atoms with Crippen LogP contribution in [-0.4, -0.2) is 29.8 Å². The number of carbonyl (C=O) groups is 1. The first kappa shape index (κ1) is 15.1. The SMILES string of the molecule is CCN(CC(=O)c1c(F)cccc1F)C1CCCCC1. The Morgan fingerprint density at radius 1 is 1.20 bits per heavy atom. The Balaban J connectivity index is 2.09. The van der Waals surface area contributed by atoms with Crippen LogP contribution >= 0.6 is 0 Å². The van der Waals surface area contributed by atoms with Gasteiger partial charge in [-0.05, 0) is 31.5 Å². The lowest BCUT2D eigenvalue weighted by Crippen LogP contribution is -2.40. The average Bonchev–Trinajstić information content (AvgIpc) is 2.45. The number of ketones is 1. The second-order valence-electron chi connectivity index (χ2n) is 5.37. The van der Waals surface area contributed by atoms with Gasteiger partial charge in [-0.3, -0.25) is 9.69 Å². The van der Waals surface area contributed by atoms with Crippen LogP contribution < -0.4 is 0 Å². The molecule has 1 saturated carbocycles. The lowest BCUT2D eigenvalue weighted by Gasteiger charge is -2.33. The molecule has 1 fully saturated rings. The molecular formula is C16H21F2NO. The molecule has 0 amide bonds. The highest BCUT2D eigenvalue weighted by molar-refractivity contribution is 5.98. The fraction of sp³-hybridized carbons (Fsp3) is 0.562. The highest BCUT2D eigenvalue weighted by Gasteiger charge is 2.24. The third-order valence-electron chi connectivity index (χ3n) is 4.09. The van der Waals surface area contributed by atoms with Crippen molar-refractivity contribution >= 4 is 5.78 Å². The molecule has 0 atom stereocenters. The van der Waals surface area contributed by atoms with E-state index in [-0.39, 0.29) is 6.54 Å². The number of benzene rings is 1. The number of halogens is 2. The van der Waals surface area contributed by atoms with Crippen molar-refractivity contribution in [3.8, 4) is 0 Å². The normalized spacial score (nSPS) is 16.6. The molecule has 0 aliphatic heterocycles. The van der Waals surface area contributed by atoms with Gasteiger partial charge in [0.25, 0.3) is 0 Å². The summed E-state index contributed by atoms with van der Waals surface area (Å²) in [6.45, 7) is 2.81. The highest BCUT2D eigenvalue weighted by atomic mass is 19.1. The Bertz CT molecular complexity index is 449. The van der Waals surface area contributed by atoms with Crippen LogP contribution in [-0.2, 0) is 0 Å². The summed E-state index contributed by atoms with van der Waals surface area (Å²) < 4.78 is 27.2. The summed E-state index contributed by atoms with van der Waals surface area (Å²) in [6, 6.07) is 3.91. The molecule has 4 heteroatoms. The van der Waals surface area contributed by atoms with Gasteiger partial charge in [-0.1, -0.05) is 32.3 Å². The van der Waals surface area contributed by atoms with Gasteiger partial charge in [0, 0.05) is 6.04 Å². The van der Waals surface area contributed by atoms with Crippen LogP contribution in [0.3, 0.4) is 0 Å². The molecule has 1 aromatic carbocycles. The van der Waals surface area contributed by atoms with Crippen molar-refractivity contribution in [1.29, 1.82) is 0 Å². The summed E-state index contributed by atoms with van der Waals surface area (Å²) in [4.78, 5) is 14.2. The quantitative estimate of drug-likeness (QED) is 0.765. The number of nitrogens with zero attached hydrogens (tertiary/aromatic N) is 1. The monoisotopic (exact) mass is 281 g/mol. The molecule has 0 unspecified atom stereocenters. The Kier molecular flexibility index (Phi) is 5.24. The van der Waals surface area contributed by atoms with Gasteiger partial charge < -0.3 is 0 Å². The topological polar surface area (TPSA) is 20.3 Å². The summed E-state index contributed by atoms with van der Waals surface area (Å²) >= 11 is 0. The molecule has 1 aliphatic rings. The van der Waals surface area contributed by atoms with Crippen molar-refractivity contribution in [2.24, 2.45) is 0 Å². The molecule has 0 aromatic heterocycles. The van der Waals surface area contributed by atoms with Crippen LogP contribution in [0.5, 0.6) is 0 Å². The molecule has 0 saturated heterocycles. The van der Waals surface area contributed by atoms with E-state index in [1.54, 1.807) is 0 Å². The third kappa shape index (κ3) is 3.42. The summed E-state index contributed by atoms with van der Waals surface area (Å²) in [6.07, 6.45) is 5.72. The zero-order chi connectivity index (χ0) is 14.5. The van der Waals surface area contributed by atoms with E-state index in [1.165, 1.54) is 25.3 Å². The zero-order valence-electron chi connectivity index (χ0n) is 11.9. The second kappa shape index (κ2) is 6.93. The van der Waals surface area contributed by atoms with E-state index in [4.69, 9.17) is 0 Å². The molecule has 20 heavy (non-hydrogen) atoms. The predicted molar refractivity (Wildman–Crippen MR) is 74.8 cm³/mol. The number of likely N-dealkylation sites (N-methyl/N-ethyl adjacent to an activating group) is 1. The fourth-order valence-electron chi connectivity index (χ4n) is 2.97. The third-order valence-corrected chi connectivity index (χ3v) is 4.09. The van der Waals surface area contributed by atoms with Gasteiger partial charge in [-0.15, -0.1) is 0 Å². The van der Waals surface area contributed by atoms with Gasteiger partial charge in [-0.2, -0.15) is 0 Å². The molecule has 0 radical (unpaired) electrons. The molecule has 0 spiro atoms. The van der Waals surface area contributed by atoms with E-state index in [0.29, 0.717) is 6.04 Å². The molecule has 1 aromatic rings. The van der Waals surface area contributed by atoms with Crippen molar-refractivity contribution in [3.63, 3.8) is 0 Å². The lowest BCUT2D eigenvalue weighted by atomic mass is 9.94. The van der Waals surface area contributed by atoms with Gasteiger partial charge in [0.15, 0.2) is 5.78 Å². The van der Waals surface area contributed by atoms with Gasteiger partial charge in [-0.25, -0.2) is 8.78 Å². The van der Waals surface area contributed by atoms with Crippen LogP contribution in [0, 0.1) is 11.6 Å². The number of Topliss-reactive ketones (excluding diaryl/α,β-unsaturated/α-hetero) is 1. The van der Waals surface area contributed by atoms with E-state index in [2.05, 4.69) is 0 Å². The van der Waals surface area contributed by atoms with Crippen molar-refractivity contribution in [1.82, 2.24) is 4.90 Å². The van der Waals surface area contributed by atoms with E-state index < -0.39 is 23.0 Å². The van der Waals surface area contributed by atoms with E-state index in [0.717, 1.165) is 31.5 Å². The Hall–Kier alpha value is -1.29. The van der Waals surface area contributed by atoms with E-state index in [1.807, 2.05) is 11.8 Å². The van der Waals surface area contributed by atoms with Crippen molar-refractivity contribution in [2.45, 2.75) is 45.1 Å². The van der Waals surface area contributed by atoms with Gasteiger partial charge in [0.2, 0.25) is 0 Å². The smallest absolute Gasteiger partial charge is 0.182 e. The maximum atomic E-state index is 13.6. The summed E-state index contributed by atoms with van der Waals surface area (Å²) in [5.74, 6) is -2.00. The summed E-state index contributed by atoms with van der Waals surface area (Å²) in [5, 5.41) is 0. The van der Waals surface area contributed by atoms with Crippen LogP contribution in [0.25, 0.3) is 0 Å². The molecule has 0 bridgehead atoms. The number of carbonyl (C=O) groups excluding carboxylic acids is 1. The predicted octanol–water partition coefficient (Wildman–Crippen LogP) is 3.80. The Morgan fingerprint density at radius 3 is 2.35 bits per heavy atom. The first-order valence-electron chi connectivity index (χ1n) is 7.34. The lowest BCUT2D eigenvalue weighted by molar-refractivity contribution is 0.0860. The summed E-state index contributed by atoms with van der Waals surface area (Å²) in [5.41, 5.74) is -0.401. The molecule has 0 heterocycles. The fourth-order valence-corrected chi connectivity index (χ4v) is 2.97. The highest BCUT2D eigenvalue weighted by Crippen LogP contribution is 2.23. The van der Waals surface area contributed by atoms with Crippen LogP contribution in [0.15, 0.2) is 18.2 Å². The van der Waals surface area contributed by atoms with E-state index >= 15 is 0 Å². The van der Waals surface area contributed by atoms with Gasteiger partial charge in [0.1, 0.15) is 11.6 Å².